The second kappa shape index (κ2) is 29.6. The van der Waals surface area contributed by atoms with Crippen LogP contribution in [0.2, 0.25) is 0 Å². The first kappa shape index (κ1) is 44.5. The molecule has 9 heteroatoms. The van der Waals surface area contributed by atoms with Gasteiger partial charge in [0.1, 0.15) is 13.2 Å². The number of unbranched alkanes of at least 4 members (excludes halogenated alkanes) is 21. The van der Waals surface area contributed by atoms with E-state index in [1.54, 1.807) is 0 Å². The molecule has 0 rings (SSSR count). The van der Waals surface area contributed by atoms with Crippen molar-refractivity contribution in [2.24, 2.45) is 0 Å². The molecule has 0 aromatic carbocycles. The van der Waals surface area contributed by atoms with E-state index in [0.29, 0.717) is 23.9 Å². The van der Waals surface area contributed by atoms with Crippen LogP contribution in [-0.4, -0.2) is 68.5 Å². The zero-order valence-corrected chi connectivity index (χ0v) is 31.2. The van der Waals surface area contributed by atoms with Crippen LogP contribution in [0.3, 0.4) is 0 Å². The average molecular weight is 663 g/mol. The Morgan fingerprint density at radius 3 is 1.51 bits per heavy atom. The Morgan fingerprint density at radius 1 is 0.689 bits per heavy atom. The number of nitrogens with zero attached hydrogens (tertiary/aromatic N) is 1. The number of quaternary nitrogens is 1. The summed E-state index contributed by atoms with van der Waals surface area (Å²) in [5.74, 6) is -0.171. The summed E-state index contributed by atoms with van der Waals surface area (Å²) in [5, 5.41) is 13.8. The minimum atomic E-state index is -4.54. The van der Waals surface area contributed by atoms with Gasteiger partial charge < -0.3 is 28.8 Å². The number of amides is 1. The molecule has 0 spiro atoms. The van der Waals surface area contributed by atoms with Crippen LogP contribution >= 0.6 is 7.82 Å². The van der Waals surface area contributed by atoms with Crippen LogP contribution in [0.4, 0.5) is 0 Å². The lowest BCUT2D eigenvalue weighted by molar-refractivity contribution is -0.870. The van der Waals surface area contributed by atoms with E-state index in [0.717, 1.165) is 38.5 Å². The van der Waals surface area contributed by atoms with Gasteiger partial charge in [-0.3, -0.25) is 9.36 Å². The molecule has 1 amide bonds. The third-order valence-electron chi connectivity index (χ3n) is 8.60. The van der Waals surface area contributed by atoms with Crippen LogP contribution in [0, 0.1) is 0 Å². The van der Waals surface area contributed by atoms with Crippen molar-refractivity contribution in [3.8, 4) is 0 Å². The number of carbonyl (C=O) groups excluding carboxylic acids is 1. The fraction of sp³-hybridized carbons (Fsp3) is 0.972. The van der Waals surface area contributed by atoms with Crippen molar-refractivity contribution in [3.05, 3.63) is 0 Å². The second-order valence-corrected chi connectivity index (χ2v) is 15.7. The SMILES string of the molecule is CCCCCCCCCCCCCCCCCC[C@H](O)[C@@H](COP(=O)([O-])OCC[N+](C)(C)C)NC(=O)CCCCCCCCC. The maximum Gasteiger partial charge on any atom is 0.268 e. The van der Waals surface area contributed by atoms with Crippen LogP contribution in [0.25, 0.3) is 0 Å². The van der Waals surface area contributed by atoms with Gasteiger partial charge in [0.05, 0.1) is 39.9 Å². The Hall–Kier alpha value is -0.500. The maximum atomic E-state index is 12.7. The van der Waals surface area contributed by atoms with E-state index in [1.165, 1.54) is 109 Å². The molecular formula is C36H75N2O6P. The zero-order valence-electron chi connectivity index (χ0n) is 30.3. The monoisotopic (exact) mass is 663 g/mol. The molecule has 1 unspecified atom stereocenters. The Morgan fingerprint density at radius 2 is 1.09 bits per heavy atom. The highest BCUT2D eigenvalue weighted by Gasteiger charge is 2.24. The highest BCUT2D eigenvalue weighted by Crippen LogP contribution is 2.38. The topological polar surface area (TPSA) is 108 Å². The standard InChI is InChI=1S/C36H75N2O6P/c1-6-8-10-12-14-15-16-17-18-19-20-21-22-24-25-27-29-35(39)34(33-44-45(41,42)43-32-31-38(3,4)5)37-36(40)30-28-26-23-13-11-9-7-2/h34-35,39H,6-33H2,1-5H3,(H-,37,40,41,42)/t34-,35+/m1/s1. The Balaban J connectivity index is 4.35. The van der Waals surface area contributed by atoms with Gasteiger partial charge in [-0.1, -0.05) is 155 Å². The van der Waals surface area contributed by atoms with Crippen LogP contribution in [0.5, 0.6) is 0 Å². The predicted molar refractivity (Wildman–Crippen MR) is 187 cm³/mol. The van der Waals surface area contributed by atoms with Crippen molar-refractivity contribution in [2.75, 3.05) is 40.9 Å². The number of aliphatic hydroxyl groups excluding tert-OH is 1. The van der Waals surface area contributed by atoms with Crippen molar-refractivity contribution in [2.45, 2.75) is 187 Å². The molecule has 45 heavy (non-hydrogen) atoms. The lowest BCUT2D eigenvalue weighted by Gasteiger charge is -2.30. The van der Waals surface area contributed by atoms with E-state index >= 15 is 0 Å². The molecular weight excluding hydrogens is 587 g/mol. The summed E-state index contributed by atoms with van der Waals surface area (Å²) in [6.07, 6.45) is 28.3. The van der Waals surface area contributed by atoms with Crippen LogP contribution in [0.1, 0.15) is 174 Å². The first-order chi connectivity index (χ1) is 21.5. The zero-order chi connectivity index (χ0) is 33.7. The molecule has 0 fully saturated rings. The smallest absolute Gasteiger partial charge is 0.268 e. The van der Waals surface area contributed by atoms with Gasteiger partial charge >= 0.3 is 0 Å². The predicted octanol–water partition coefficient (Wildman–Crippen LogP) is 8.83. The van der Waals surface area contributed by atoms with E-state index in [2.05, 4.69) is 19.2 Å². The first-order valence-electron chi connectivity index (χ1n) is 18.9. The van der Waals surface area contributed by atoms with E-state index in [-0.39, 0.29) is 19.1 Å². The molecule has 0 aliphatic rings. The maximum absolute atomic E-state index is 12.7. The molecule has 0 bridgehead atoms. The summed E-state index contributed by atoms with van der Waals surface area (Å²) in [6.45, 7) is 4.66. The van der Waals surface area contributed by atoms with E-state index in [4.69, 9.17) is 9.05 Å². The molecule has 0 aromatic heterocycles. The number of hydrogen-bond acceptors (Lipinski definition) is 6. The largest absolute Gasteiger partial charge is 0.756 e. The van der Waals surface area contributed by atoms with Gasteiger partial charge in [0, 0.05) is 6.42 Å². The number of aliphatic hydroxyl groups is 1. The highest BCUT2D eigenvalue weighted by atomic mass is 31.2. The molecule has 0 aliphatic carbocycles. The average Bonchev–Trinajstić information content (AvgIpc) is 2.97. The van der Waals surface area contributed by atoms with E-state index < -0.39 is 20.0 Å². The fourth-order valence-electron chi connectivity index (χ4n) is 5.51. The molecule has 0 heterocycles. The number of rotatable bonds is 34. The second-order valence-electron chi connectivity index (χ2n) is 14.3. The van der Waals surface area contributed by atoms with Crippen molar-refractivity contribution >= 4 is 13.7 Å². The number of phosphoric ester groups is 1. The number of nitrogens with one attached hydrogen (secondary N) is 1. The van der Waals surface area contributed by atoms with Crippen molar-refractivity contribution < 1.29 is 32.9 Å². The highest BCUT2D eigenvalue weighted by molar-refractivity contribution is 7.45. The summed E-state index contributed by atoms with van der Waals surface area (Å²) < 4.78 is 23.1. The van der Waals surface area contributed by atoms with Gasteiger partial charge in [0.25, 0.3) is 7.82 Å². The Labute approximate surface area is 279 Å². The summed E-state index contributed by atoms with van der Waals surface area (Å²) in [6, 6.07) is -0.789. The van der Waals surface area contributed by atoms with Crippen LogP contribution in [0.15, 0.2) is 0 Å². The Kier molecular flexibility index (Phi) is 29.3. The van der Waals surface area contributed by atoms with Crippen molar-refractivity contribution in [1.29, 1.82) is 0 Å². The Bertz CT molecular complexity index is 718. The van der Waals surface area contributed by atoms with Gasteiger partial charge in [-0.25, -0.2) is 0 Å². The third kappa shape index (κ3) is 31.8. The van der Waals surface area contributed by atoms with Gasteiger partial charge in [-0.2, -0.15) is 0 Å². The van der Waals surface area contributed by atoms with Crippen molar-refractivity contribution in [1.82, 2.24) is 5.32 Å². The van der Waals surface area contributed by atoms with Gasteiger partial charge in [-0.05, 0) is 12.8 Å². The summed E-state index contributed by atoms with van der Waals surface area (Å²) >= 11 is 0. The normalized spacial score (nSPS) is 14.7. The van der Waals surface area contributed by atoms with E-state index in [1.807, 2.05) is 21.1 Å². The first-order valence-corrected chi connectivity index (χ1v) is 20.3. The molecule has 0 aromatic rings. The molecule has 8 nitrogen and oxygen atoms in total. The lowest BCUT2D eigenvalue weighted by atomic mass is 10.0. The lowest BCUT2D eigenvalue weighted by Crippen LogP contribution is -2.46. The molecule has 0 saturated carbocycles. The van der Waals surface area contributed by atoms with Crippen LogP contribution < -0.4 is 10.2 Å². The number of phosphoric acid groups is 1. The number of hydrogen-bond donors (Lipinski definition) is 2. The third-order valence-corrected chi connectivity index (χ3v) is 9.56. The van der Waals surface area contributed by atoms with Gasteiger partial charge in [0.15, 0.2) is 0 Å². The van der Waals surface area contributed by atoms with Crippen LogP contribution in [-0.2, 0) is 18.4 Å². The molecule has 0 saturated heterocycles. The van der Waals surface area contributed by atoms with Gasteiger partial charge in [-0.15, -0.1) is 0 Å². The molecule has 0 radical (unpaired) electrons. The minimum absolute atomic E-state index is 0.0152. The molecule has 270 valence electrons. The molecule has 3 atom stereocenters. The van der Waals surface area contributed by atoms with Gasteiger partial charge in [0.2, 0.25) is 5.91 Å². The quantitative estimate of drug-likeness (QED) is 0.0405. The fourth-order valence-corrected chi connectivity index (χ4v) is 6.23. The molecule has 0 aliphatic heterocycles. The minimum Gasteiger partial charge on any atom is -0.756 e. The van der Waals surface area contributed by atoms with Crippen molar-refractivity contribution in [3.63, 3.8) is 0 Å². The summed E-state index contributed by atoms with van der Waals surface area (Å²) in [4.78, 5) is 25.0. The number of likely N-dealkylation sites (N-methyl/N-ethyl adjacent to an activating group) is 1. The van der Waals surface area contributed by atoms with E-state index in [9.17, 15) is 19.4 Å². The number of carbonyl (C=O) groups is 1. The molecule has 2 N–H and O–H groups in total. The summed E-state index contributed by atoms with van der Waals surface area (Å²) in [5.41, 5.74) is 0. The summed E-state index contributed by atoms with van der Waals surface area (Å²) in [7, 11) is 1.31.